The second kappa shape index (κ2) is 6.68. The van der Waals surface area contributed by atoms with Crippen molar-refractivity contribution < 1.29 is 14.3 Å². The lowest BCUT2D eigenvalue weighted by Crippen LogP contribution is -2.39. The Kier molecular flexibility index (Phi) is 4.36. The molecule has 1 aromatic heterocycles. The van der Waals surface area contributed by atoms with Gasteiger partial charge in [0, 0.05) is 18.0 Å². The zero-order valence-electron chi connectivity index (χ0n) is 14.9. The summed E-state index contributed by atoms with van der Waals surface area (Å²) in [5, 5.41) is 7.17. The minimum absolute atomic E-state index is 0.109. The van der Waals surface area contributed by atoms with Crippen LogP contribution >= 0.6 is 0 Å². The number of nitrogens with one attached hydrogen (secondary N) is 2. The van der Waals surface area contributed by atoms with E-state index in [2.05, 4.69) is 15.6 Å². The number of cyclic esters (lactones) is 1. The van der Waals surface area contributed by atoms with Crippen LogP contribution in [0.3, 0.4) is 0 Å². The number of pyridine rings is 1. The number of hydrogen-bond donors (Lipinski definition) is 2. The highest BCUT2D eigenvalue weighted by Crippen LogP contribution is 2.41. The van der Waals surface area contributed by atoms with Gasteiger partial charge in [-0.05, 0) is 44.5 Å². The van der Waals surface area contributed by atoms with Gasteiger partial charge in [-0.15, -0.1) is 0 Å². The van der Waals surface area contributed by atoms with Gasteiger partial charge < -0.3 is 15.4 Å². The minimum Gasteiger partial charge on any atom is -0.460 e. The maximum absolute atomic E-state index is 12.6. The second-order valence-electron chi connectivity index (χ2n) is 7.29. The molecular weight excluding hydrogens is 330 g/mol. The molecule has 0 radical (unpaired) electrons. The molecule has 2 aliphatic heterocycles. The number of carbonyl (C=O) groups excluding carboxylic acids is 2. The fourth-order valence-corrected chi connectivity index (χ4v) is 4.07. The molecule has 2 fully saturated rings. The van der Waals surface area contributed by atoms with Crippen molar-refractivity contribution in [1.82, 2.24) is 15.6 Å². The van der Waals surface area contributed by atoms with E-state index >= 15 is 0 Å². The molecular formula is C20H23N3O3. The summed E-state index contributed by atoms with van der Waals surface area (Å²) in [5.74, 6) is -0.287. The quantitative estimate of drug-likeness (QED) is 0.825. The van der Waals surface area contributed by atoms with E-state index in [0.29, 0.717) is 18.5 Å². The van der Waals surface area contributed by atoms with Crippen LogP contribution in [0.1, 0.15) is 35.2 Å². The monoisotopic (exact) mass is 353 g/mol. The van der Waals surface area contributed by atoms with Gasteiger partial charge in [0.05, 0.1) is 23.0 Å². The topological polar surface area (TPSA) is 80.3 Å². The number of aryl methyl sites for hydroxylation is 1. The van der Waals surface area contributed by atoms with E-state index in [0.717, 1.165) is 42.4 Å². The van der Waals surface area contributed by atoms with Crippen molar-refractivity contribution in [2.45, 2.75) is 32.3 Å². The van der Waals surface area contributed by atoms with Crippen molar-refractivity contribution in [2.24, 2.45) is 5.41 Å². The Morgan fingerprint density at radius 1 is 1.35 bits per heavy atom. The molecule has 2 aromatic rings. The van der Waals surface area contributed by atoms with Crippen molar-refractivity contribution in [2.75, 3.05) is 19.6 Å². The Hall–Kier alpha value is -2.47. The summed E-state index contributed by atoms with van der Waals surface area (Å²) in [6.45, 7) is 3.96. The zero-order valence-corrected chi connectivity index (χ0v) is 14.9. The Morgan fingerprint density at radius 3 is 2.92 bits per heavy atom. The Labute approximate surface area is 152 Å². The molecule has 26 heavy (non-hydrogen) atoms. The normalized spacial score (nSPS) is 21.7. The number of hydrogen-bond acceptors (Lipinski definition) is 5. The van der Waals surface area contributed by atoms with Crippen LogP contribution in [0.15, 0.2) is 30.5 Å². The number of para-hydroxylation sites is 1. The summed E-state index contributed by atoms with van der Waals surface area (Å²) in [4.78, 5) is 29.3. The van der Waals surface area contributed by atoms with Gasteiger partial charge >= 0.3 is 5.97 Å². The zero-order chi connectivity index (χ0) is 18.1. The van der Waals surface area contributed by atoms with Crippen LogP contribution < -0.4 is 10.6 Å². The molecule has 0 aliphatic carbocycles. The first kappa shape index (κ1) is 17.0. The third-order valence-corrected chi connectivity index (χ3v) is 5.67. The number of nitrogens with zero attached hydrogens (tertiary/aromatic N) is 1. The van der Waals surface area contributed by atoms with Crippen LogP contribution in [0.25, 0.3) is 10.9 Å². The third kappa shape index (κ3) is 2.94. The maximum atomic E-state index is 12.6. The molecule has 1 unspecified atom stereocenters. The van der Waals surface area contributed by atoms with E-state index in [-0.39, 0.29) is 23.4 Å². The average Bonchev–Trinajstić information content (AvgIpc) is 2.96. The fourth-order valence-electron chi connectivity index (χ4n) is 4.07. The second-order valence-corrected chi connectivity index (χ2v) is 7.29. The molecule has 0 saturated carbocycles. The summed E-state index contributed by atoms with van der Waals surface area (Å²) in [7, 11) is 0. The number of esters is 1. The predicted octanol–water partition coefficient (Wildman–Crippen LogP) is 1.96. The SMILES string of the molecule is Cc1c(C(=O)NCC2CC3(CCNCC3)C(=O)O2)cnc2ccccc12. The van der Waals surface area contributed by atoms with Crippen molar-refractivity contribution >= 4 is 22.8 Å². The average molecular weight is 353 g/mol. The molecule has 1 spiro atoms. The van der Waals surface area contributed by atoms with Gasteiger partial charge in [0.15, 0.2) is 0 Å². The highest BCUT2D eigenvalue weighted by atomic mass is 16.6. The summed E-state index contributed by atoms with van der Waals surface area (Å²) in [6, 6.07) is 7.77. The largest absolute Gasteiger partial charge is 0.460 e. The molecule has 6 nitrogen and oxygen atoms in total. The first-order valence-electron chi connectivity index (χ1n) is 9.13. The van der Waals surface area contributed by atoms with Crippen molar-refractivity contribution in [3.8, 4) is 0 Å². The number of rotatable bonds is 3. The van der Waals surface area contributed by atoms with Crippen LogP contribution in [0.2, 0.25) is 0 Å². The van der Waals surface area contributed by atoms with Crippen molar-refractivity contribution in [3.63, 3.8) is 0 Å². The Bertz CT molecular complexity index is 859. The van der Waals surface area contributed by atoms with Crippen LogP contribution in [0, 0.1) is 12.3 Å². The fraction of sp³-hybridized carbons (Fsp3) is 0.450. The maximum Gasteiger partial charge on any atom is 0.312 e. The summed E-state index contributed by atoms with van der Waals surface area (Å²) in [6.07, 6.45) is 3.66. The Morgan fingerprint density at radius 2 is 2.12 bits per heavy atom. The smallest absolute Gasteiger partial charge is 0.312 e. The molecule has 3 heterocycles. The number of piperidine rings is 1. The molecule has 0 bridgehead atoms. The van der Waals surface area contributed by atoms with E-state index in [9.17, 15) is 9.59 Å². The molecule has 2 N–H and O–H groups in total. The summed E-state index contributed by atoms with van der Waals surface area (Å²) in [5.41, 5.74) is 1.98. The number of carbonyl (C=O) groups is 2. The first-order chi connectivity index (χ1) is 12.6. The predicted molar refractivity (Wildman–Crippen MR) is 97.8 cm³/mol. The molecule has 1 amide bonds. The highest BCUT2D eigenvalue weighted by molar-refractivity contribution is 5.99. The van der Waals surface area contributed by atoms with E-state index in [4.69, 9.17) is 4.74 Å². The van der Waals surface area contributed by atoms with Gasteiger partial charge in [0.25, 0.3) is 5.91 Å². The van der Waals surface area contributed by atoms with Crippen molar-refractivity contribution in [1.29, 1.82) is 0 Å². The van der Waals surface area contributed by atoms with Gasteiger partial charge in [-0.2, -0.15) is 0 Å². The number of amides is 1. The minimum atomic E-state index is -0.360. The summed E-state index contributed by atoms with van der Waals surface area (Å²) < 4.78 is 5.54. The first-order valence-corrected chi connectivity index (χ1v) is 9.13. The number of ether oxygens (including phenoxy) is 1. The molecule has 136 valence electrons. The molecule has 2 saturated heterocycles. The van der Waals surface area contributed by atoms with Gasteiger partial charge in [0.2, 0.25) is 0 Å². The third-order valence-electron chi connectivity index (χ3n) is 5.67. The lowest BCUT2D eigenvalue weighted by atomic mass is 9.76. The van der Waals surface area contributed by atoms with Gasteiger partial charge in [0.1, 0.15) is 6.10 Å². The van der Waals surface area contributed by atoms with Crippen LogP contribution in [0.4, 0.5) is 0 Å². The van der Waals surface area contributed by atoms with Crippen LogP contribution in [-0.2, 0) is 9.53 Å². The van der Waals surface area contributed by atoms with Crippen molar-refractivity contribution in [3.05, 3.63) is 41.6 Å². The number of aromatic nitrogens is 1. The number of fused-ring (bicyclic) bond motifs is 1. The molecule has 1 atom stereocenters. The number of benzene rings is 1. The highest BCUT2D eigenvalue weighted by Gasteiger charge is 2.49. The van der Waals surface area contributed by atoms with E-state index in [1.165, 1.54) is 0 Å². The van der Waals surface area contributed by atoms with Gasteiger partial charge in [-0.25, -0.2) is 0 Å². The lowest BCUT2D eigenvalue weighted by Gasteiger charge is -2.29. The van der Waals surface area contributed by atoms with Gasteiger partial charge in [-0.3, -0.25) is 14.6 Å². The molecule has 2 aliphatic rings. The van der Waals surface area contributed by atoms with Crippen LogP contribution in [-0.4, -0.2) is 42.6 Å². The Balaban J connectivity index is 1.43. The summed E-state index contributed by atoms with van der Waals surface area (Å²) >= 11 is 0. The van der Waals surface area contributed by atoms with E-state index in [1.54, 1.807) is 6.20 Å². The molecule has 1 aromatic carbocycles. The van der Waals surface area contributed by atoms with E-state index < -0.39 is 0 Å². The molecule has 6 heteroatoms. The van der Waals surface area contributed by atoms with E-state index in [1.807, 2.05) is 31.2 Å². The lowest BCUT2D eigenvalue weighted by molar-refractivity contribution is -0.149. The molecule has 4 rings (SSSR count). The van der Waals surface area contributed by atoms with Gasteiger partial charge in [-0.1, -0.05) is 18.2 Å². The standard InChI is InChI=1S/C20H23N3O3/c1-13-15-4-2-3-5-17(15)22-12-16(13)18(24)23-11-14-10-20(19(25)26-14)6-8-21-9-7-20/h2-5,12,14,21H,6-11H2,1H3,(H,23,24). The van der Waals surface area contributed by atoms with Crippen LogP contribution in [0.5, 0.6) is 0 Å².